The molecular formula is C19H19N3O5S. The second-order valence-corrected chi connectivity index (χ2v) is 8.23. The number of ketones is 1. The van der Waals surface area contributed by atoms with E-state index in [1.165, 1.54) is 24.8 Å². The Hall–Kier alpha value is -3.07. The monoisotopic (exact) mass is 401 g/mol. The lowest BCUT2D eigenvalue weighted by molar-refractivity contribution is 0.101. The van der Waals surface area contributed by atoms with Gasteiger partial charge in [-0.1, -0.05) is 0 Å². The van der Waals surface area contributed by atoms with E-state index in [0.717, 1.165) is 6.26 Å². The minimum atomic E-state index is -3.61. The number of hydrogen-bond donors (Lipinski definition) is 0. The molecule has 0 N–H and O–H groups in total. The number of ether oxygens (including phenoxy) is 1. The lowest BCUT2D eigenvalue weighted by Gasteiger charge is -2.12. The van der Waals surface area contributed by atoms with Crippen LogP contribution in [0.3, 0.4) is 0 Å². The van der Waals surface area contributed by atoms with E-state index in [0.29, 0.717) is 27.8 Å². The van der Waals surface area contributed by atoms with E-state index < -0.39 is 9.84 Å². The van der Waals surface area contributed by atoms with E-state index in [9.17, 15) is 18.0 Å². The zero-order valence-corrected chi connectivity index (χ0v) is 16.7. The van der Waals surface area contributed by atoms with Crippen molar-refractivity contribution in [2.45, 2.75) is 25.5 Å². The van der Waals surface area contributed by atoms with Gasteiger partial charge in [-0.05, 0) is 43.7 Å². The van der Waals surface area contributed by atoms with Gasteiger partial charge in [0.2, 0.25) is 15.0 Å². The molecule has 3 aromatic rings. The van der Waals surface area contributed by atoms with E-state index in [4.69, 9.17) is 4.74 Å². The lowest BCUT2D eigenvalue weighted by Crippen LogP contribution is -2.23. The fourth-order valence-corrected chi connectivity index (χ4v) is 3.39. The highest BCUT2D eigenvalue weighted by Crippen LogP contribution is 2.26. The molecule has 0 aliphatic heterocycles. The van der Waals surface area contributed by atoms with Gasteiger partial charge in [-0.2, -0.15) is 4.98 Å². The van der Waals surface area contributed by atoms with E-state index >= 15 is 0 Å². The van der Waals surface area contributed by atoms with Crippen molar-refractivity contribution < 1.29 is 17.9 Å². The molecule has 2 heterocycles. The molecule has 0 amide bonds. The van der Waals surface area contributed by atoms with Crippen LogP contribution >= 0.6 is 0 Å². The zero-order valence-electron chi connectivity index (χ0n) is 15.9. The SMILES string of the molecule is CCn1c(=O)c(-c2cc(OC)cc(C(C)=O)c2)cc2cnc(S(C)(=O)=O)nc21. The number of benzene rings is 1. The molecule has 0 atom stereocenters. The molecule has 9 heteroatoms. The molecule has 0 fully saturated rings. The lowest BCUT2D eigenvalue weighted by atomic mass is 10.0. The Balaban J connectivity index is 2.35. The molecule has 1 aromatic carbocycles. The third kappa shape index (κ3) is 3.53. The van der Waals surface area contributed by atoms with Crippen LogP contribution in [0.5, 0.6) is 5.75 Å². The Morgan fingerprint density at radius 3 is 2.50 bits per heavy atom. The predicted molar refractivity (Wildman–Crippen MR) is 105 cm³/mol. The first-order valence-corrected chi connectivity index (χ1v) is 10.4. The maximum Gasteiger partial charge on any atom is 0.260 e. The molecule has 8 nitrogen and oxygen atoms in total. The summed E-state index contributed by atoms with van der Waals surface area (Å²) < 4.78 is 30.2. The molecule has 0 spiro atoms. The number of carbonyl (C=O) groups is 1. The highest BCUT2D eigenvalue weighted by molar-refractivity contribution is 7.90. The van der Waals surface area contributed by atoms with Crippen molar-refractivity contribution in [1.82, 2.24) is 14.5 Å². The van der Waals surface area contributed by atoms with Crippen molar-refractivity contribution in [3.05, 3.63) is 46.4 Å². The number of aromatic nitrogens is 3. The molecule has 0 unspecified atom stereocenters. The molecule has 0 saturated heterocycles. The van der Waals surface area contributed by atoms with Crippen LogP contribution < -0.4 is 10.3 Å². The second-order valence-electron chi connectivity index (χ2n) is 6.32. The quantitative estimate of drug-likeness (QED) is 0.476. The summed E-state index contributed by atoms with van der Waals surface area (Å²) in [6.07, 6.45) is 2.39. The highest BCUT2D eigenvalue weighted by Gasteiger charge is 2.17. The summed E-state index contributed by atoms with van der Waals surface area (Å²) in [5.74, 6) is 0.298. The van der Waals surface area contributed by atoms with Crippen molar-refractivity contribution in [1.29, 1.82) is 0 Å². The summed E-state index contributed by atoms with van der Waals surface area (Å²) >= 11 is 0. The van der Waals surface area contributed by atoms with Crippen molar-refractivity contribution in [2.24, 2.45) is 0 Å². The number of rotatable bonds is 5. The summed E-state index contributed by atoms with van der Waals surface area (Å²) in [5.41, 5.74) is 1.16. The maximum absolute atomic E-state index is 13.1. The van der Waals surface area contributed by atoms with Crippen LogP contribution in [0.25, 0.3) is 22.2 Å². The van der Waals surface area contributed by atoms with Crippen LogP contribution in [0.15, 0.2) is 40.4 Å². The first kappa shape index (κ1) is 19.7. The van der Waals surface area contributed by atoms with Gasteiger partial charge in [0.15, 0.2) is 5.78 Å². The molecule has 0 aliphatic carbocycles. The number of methoxy groups -OCH3 is 1. The number of Topliss-reactive ketones (excluding diaryl/α,β-unsaturated/α-hetero) is 1. The number of fused-ring (bicyclic) bond motifs is 1. The molecule has 146 valence electrons. The minimum absolute atomic E-state index is 0.155. The van der Waals surface area contributed by atoms with E-state index in [1.807, 2.05) is 0 Å². The average Bonchev–Trinajstić information content (AvgIpc) is 2.65. The molecule has 0 bridgehead atoms. The van der Waals surface area contributed by atoms with Gasteiger partial charge in [0, 0.05) is 35.5 Å². The average molecular weight is 401 g/mol. The summed E-state index contributed by atoms with van der Waals surface area (Å²) in [7, 11) is -2.13. The number of nitrogens with zero attached hydrogens (tertiary/aromatic N) is 3. The Morgan fingerprint density at radius 2 is 1.93 bits per heavy atom. The molecule has 28 heavy (non-hydrogen) atoms. The summed E-state index contributed by atoms with van der Waals surface area (Å²) in [5, 5.41) is 0.172. The Bertz CT molecular complexity index is 1260. The molecule has 0 saturated carbocycles. The third-order valence-corrected chi connectivity index (χ3v) is 5.17. The van der Waals surface area contributed by atoms with E-state index in [1.54, 1.807) is 31.2 Å². The second kappa shape index (κ2) is 7.16. The number of hydrogen-bond acceptors (Lipinski definition) is 7. The van der Waals surface area contributed by atoms with Gasteiger partial charge in [-0.25, -0.2) is 13.4 Å². The molecule has 2 aromatic heterocycles. The Morgan fingerprint density at radius 1 is 1.21 bits per heavy atom. The van der Waals surface area contributed by atoms with Gasteiger partial charge in [-0.15, -0.1) is 0 Å². The van der Waals surface area contributed by atoms with E-state index in [-0.39, 0.29) is 28.7 Å². The van der Waals surface area contributed by atoms with Crippen LogP contribution in [0, 0.1) is 0 Å². The summed E-state index contributed by atoms with van der Waals surface area (Å²) in [6.45, 7) is 3.48. The number of aryl methyl sites for hydroxylation is 1. The zero-order chi connectivity index (χ0) is 20.6. The van der Waals surface area contributed by atoms with Crippen LogP contribution in [-0.2, 0) is 16.4 Å². The maximum atomic E-state index is 13.1. The third-order valence-electron chi connectivity index (χ3n) is 4.31. The standard InChI is InChI=1S/C19H19N3O5S/c1-5-22-17-14(10-20-19(21-17)28(4,25)26)9-16(18(22)24)13-6-12(11(2)23)7-15(8-13)27-3/h6-10H,5H2,1-4H3. The van der Waals surface area contributed by atoms with Crippen molar-refractivity contribution in [2.75, 3.05) is 13.4 Å². The van der Waals surface area contributed by atoms with Crippen LogP contribution in [0.4, 0.5) is 0 Å². The van der Waals surface area contributed by atoms with Crippen LogP contribution in [0.2, 0.25) is 0 Å². The van der Waals surface area contributed by atoms with Gasteiger partial charge >= 0.3 is 0 Å². The molecule has 0 aliphatic rings. The molecule has 0 radical (unpaired) electrons. The fourth-order valence-electron chi connectivity index (χ4n) is 2.90. The normalized spacial score (nSPS) is 11.6. The van der Waals surface area contributed by atoms with Gasteiger partial charge in [-0.3, -0.25) is 14.2 Å². The molecule has 3 rings (SSSR count). The minimum Gasteiger partial charge on any atom is -0.497 e. The topological polar surface area (TPSA) is 108 Å². The van der Waals surface area contributed by atoms with Crippen molar-refractivity contribution in [3.8, 4) is 16.9 Å². The number of carbonyl (C=O) groups excluding carboxylic acids is 1. The van der Waals surface area contributed by atoms with Gasteiger partial charge in [0.1, 0.15) is 11.4 Å². The first-order chi connectivity index (χ1) is 13.2. The Kier molecular flexibility index (Phi) is 5.03. The predicted octanol–water partition coefficient (Wildman–Crippen LogP) is 2.09. The van der Waals surface area contributed by atoms with Gasteiger partial charge < -0.3 is 4.74 Å². The first-order valence-electron chi connectivity index (χ1n) is 8.46. The van der Waals surface area contributed by atoms with E-state index in [2.05, 4.69) is 9.97 Å². The van der Waals surface area contributed by atoms with Crippen molar-refractivity contribution in [3.63, 3.8) is 0 Å². The fraction of sp³-hybridized carbons (Fsp3) is 0.263. The molecular weight excluding hydrogens is 382 g/mol. The Labute approximate surface area is 161 Å². The summed E-state index contributed by atoms with van der Waals surface area (Å²) in [4.78, 5) is 32.9. The van der Waals surface area contributed by atoms with Gasteiger partial charge in [0.05, 0.1) is 7.11 Å². The smallest absolute Gasteiger partial charge is 0.260 e. The van der Waals surface area contributed by atoms with Crippen molar-refractivity contribution >= 4 is 26.7 Å². The number of pyridine rings is 1. The number of sulfone groups is 1. The highest BCUT2D eigenvalue weighted by atomic mass is 32.2. The van der Waals surface area contributed by atoms with Gasteiger partial charge in [0.25, 0.3) is 5.56 Å². The van der Waals surface area contributed by atoms with Crippen LogP contribution in [-0.4, -0.2) is 42.1 Å². The summed E-state index contributed by atoms with van der Waals surface area (Å²) in [6, 6.07) is 6.49. The largest absolute Gasteiger partial charge is 0.497 e. The van der Waals surface area contributed by atoms with Crippen LogP contribution in [0.1, 0.15) is 24.2 Å².